The summed E-state index contributed by atoms with van der Waals surface area (Å²) in [5, 5.41) is 7.15. The molecule has 0 radical (unpaired) electrons. The van der Waals surface area contributed by atoms with Crippen LogP contribution in [0.3, 0.4) is 0 Å². The Morgan fingerprint density at radius 1 is 1.44 bits per heavy atom. The first-order valence-electron chi connectivity index (χ1n) is 4.56. The van der Waals surface area contributed by atoms with Crippen molar-refractivity contribution in [3.63, 3.8) is 0 Å². The summed E-state index contributed by atoms with van der Waals surface area (Å²) in [4.78, 5) is 22.0. The number of halogens is 1. The van der Waals surface area contributed by atoms with Crippen molar-refractivity contribution < 1.29 is 9.59 Å². The van der Waals surface area contributed by atoms with Gasteiger partial charge in [0, 0.05) is 4.47 Å². The third-order valence-corrected chi connectivity index (χ3v) is 2.46. The Hall–Kier alpha value is -1.69. The van der Waals surface area contributed by atoms with Crippen molar-refractivity contribution in [1.82, 2.24) is 10.3 Å². The molecule has 1 aliphatic heterocycles. The van der Waals surface area contributed by atoms with E-state index in [9.17, 15) is 9.59 Å². The molecule has 0 aliphatic carbocycles. The van der Waals surface area contributed by atoms with Crippen LogP contribution in [0.1, 0.15) is 5.56 Å². The molecule has 0 atom stereocenters. The smallest absolute Gasteiger partial charge is 0.275 e. The molecule has 1 heterocycles. The van der Waals surface area contributed by atoms with Gasteiger partial charge in [-0.05, 0) is 17.7 Å². The van der Waals surface area contributed by atoms with Crippen LogP contribution in [-0.2, 0) is 4.79 Å². The molecule has 1 saturated heterocycles. The minimum absolute atomic E-state index is 0.0245. The summed E-state index contributed by atoms with van der Waals surface area (Å²) >= 11 is 3.33. The molecule has 0 bridgehead atoms. The van der Waals surface area contributed by atoms with E-state index in [-0.39, 0.29) is 12.5 Å². The van der Waals surface area contributed by atoms with Gasteiger partial charge in [-0.3, -0.25) is 10.1 Å². The zero-order valence-electron chi connectivity index (χ0n) is 8.18. The van der Waals surface area contributed by atoms with Crippen LogP contribution in [0.15, 0.2) is 33.8 Å². The minimum atomic E-state index is -0.490. The lowest BCUT2D eigenvalue weighted by atomic mass is 10.2. The summed E-state index contributed by atoms with van der Waals surface area (Å²) in [6.07, 6.45) is 1.53. The summed E-state index contributed by atoms with van der Waals surface area (Å²) < 4.78 is 0.929. The Labute approximate surface area is 100 Å². The summed E-state index contributed by atoms with van der Waals surface area (Å²) in [5.41, 5.74) is 0.849. The van der Waals surface area contributed by atoms with E-state index in [0.717, 1.165) is 15.0 Å². The van der Waals surface area contributed by atoms with Crippen molar-refractivity contribution in [2.24, 2.45) is 5.10 Å². The van der Waals surface area contributed by atoms with Gasteiger partial charge in [-0.15, -0.1) is 0 Å². The van der Waals surface area contributed by atoms with E-state index in [0.29, 0.717) is 0 Å². The van der Waals surface area contributed by atoms with Crippen molar-refractivity contribution in [3.05, 3.63) is 34.3 Å². The molecule has 0 saturated carbocycles. The van der Waals surface area contributed by atoms with E-state index in [1.165, 1.54) is 6.21 Å². The molecule has 1 fully saturated rings. The predicted molar refractivity (Wildman–Crippen MR) is 62.0 cm³/mol. The maximum Gasteiger partial charge on any atom is 0.344 e. The number of nitrogens with zero attached hydrogens (tertiary/aromatic N) is 2. The molecular formula is C10H8BrN3O2. The number of hydrogen-bond acceptors (Lipinski definition) is 3. The number of nitrogens with one attached hydrogen (secondary N) is 1. The van der Waals surface area contributed by atoms with Gasteiger partial charge in [-0.1, -0.05) is 28.1 Å². The first kappa shape index (κ1) is 10.8. The number of amides is 3. The van der Waals surface area contributed by atoms with E-state index in [2.05, 4.69) is 26.3 Å². The van der Waals surface area contributed by atoms with Crippen LogP contribution in [0.5, 0.6) is 0 Å². The SMILES string of the molecule is O=C1CN(/N=C\c2cccc(Br)c2)C(=O)N1. The highest BCUT2D eigenvalue weighted by Gasteiger charge is 2.25. The standard InChI is InChI=1S/C10H8BrN3O2/c11-8-3-1-2-7(4-8)5-12-14-6-9(15)13-10(14)16/h1-5H,6H2,(H,13,15,16)/b12-5-. The van der Waals surface area contributed by atoms with Gasteiger partial charge in [-0.25, -0.2) is 9.80 Å². The number of urea groups is 1. The van der Waals surface area contributed by atoms with Crippen molar-refractivity contribution in [3.8, 4) is 0 Å². The van der Waals surface area contributed by atoms with Crippen LogP contribution in [0.2, 0.25) is 0 Å². The van der Waals surface area contributed by atoms with E-state index in [1.54, 1.807) is 0 Å². The number of carbonyl (C=O) groups excluding carboxylic acids is 2. The second kappa shape index (κ2) is 4.44. The Balaban J connectivity index is 2.10. The molecule has 16 heavy (non-hydrogen) atoms. The maximum absolute atomic E-state index is 11.1. The van der Waals surface area contributed by atoms with Gasteiger partial charge in [0.25, 0.3) is 0 Å². The van der Waals surface area contributed by atoms with Crippen molar-refractivity contribution >= 4 is 34.1 Å². The van der Waals surface area contributed by atoms with E-state index in [4.69, 9.17) is 0 Å². The van der Waals surface area contributed by atoms with Crippen LogP contribution in [0.4, 0.5) is 4.79 Å². The second-order valence-electron chi connectivity index (χ2n) is 3.21. The van der Waals surface area contributed by atoms with Gasteiger partial charge in [-0.2, -0.15) is 5.10 Å². The van der Waals surface area contributed by atoms with Crippen LogP contribution in [-0.4, -0.2) is 29.7 Å². The molecule has 6 heteroatoms. The quantitative estimate of drug-likeness (QED) is 0.657. The lowest BCUT2D eigenvalue weighted by Gasteiger charge is -2.03. The number of imide groups is 1. The zero-order chi connectivity index (χ0) is 11.5. The molecule has 2 rings (SSSR count). The fraction of sp³-hybridized carbons (Fsp3) is 0.100. The average molecular weight is 282 g/mol. The second-order valence-corrected chi connectivity index (χ2v) is 4.13. The van der Waals surface area contributed by atoms with Crippen LogP contribution in [0, 0.1) is 0 Å². The highest BCUT2D eigenvalue weighted by atomic mass is 79.9. The number of hydrogen-bond donors (Lipinski definition) is 1. The van der Waals surface area contributed by atoms with Gasteiger partial charge in [0.2, 0.25) is 5.91 Å². The summed E-state index contributed by atoms with van der Waals surface area (Å²) in [5.74, 6) is -0.337. The molecule has 1 aromatic rings. The predicted octanol–water partition coefficient (Wildman–Crippen LogP) is 1.33. The van der Waals surface area contributed by atoms with E-state index >= 15 is 0 Å². The lowest BCUT2D eigenvalue weighted by Crippen LogP contribution is -2.24. The largest absolute Gasteiger partial charge is 0.344 e. The molecule has 0 unspecified atom stereocenters. The summed E-state index contributed by atoms with van der Waals surface area (Å²) in [6, 6.07) is 6.98. The highest BCUT2D eigenvalue weighted by Crippen LogP contribution is 2.10. The Morgan fingerprint density at radius 2 is 2.25 bits per heavy atom. The normalized spacial score (nSPS) is 15.9. The van der Waals surface area contributed by atoms with Crippen molar-refractivity contribution in [2.75, 3.05) is 6.54 Å². The molecule has 1 aliphatic rings. The lowest BCUT2D eigenvalue weighted by molar-refractivity contribution is -0.118. The molecule has 82 valence electrons. The van der Waals surface area contributed by atoms with Crippen LogP contribution < -0.4 is 5.32 Å². The summed E-state index contributed by atoms with van der Waals surface area (Å²) in [6.45, 7) is -0.0245. The Bertz CT molecular complexity index is 473. The number of hydrazone groups is 1. The highest BCUT2D eigenvalue weighted by molar-refractivity contribution is 9.10. The number of rotatable bonds is 2. The third-order valence-electron chi connectivity index (χ3n) is 1.97. The molecule has 0 aromatic heterocycles. The zero-order valence-corrected chi connectivity index (χ0v) is 9.77. The molecule has 1 N–H and O–H groups in total. The maximum atomic E-state index is 11.1. The van der Waals surface area contributed by atoms with Gasteiger partial charge >= 0.3 is 6.03 Å². The van der Waals surface area contributed by atoms with Gasteiger partial charge in [0.05, 0.1) is 6.21 Å². The first-order valence-corrected chi connectivity index (χ1v) is 5.35. The average Bonchev–Trinajstić information content (AvgIpc) is 2.54. The van der Waals surface area contributed by atoms with Gasteiger partial charge < -0.3 is 0 Å². The molecule has 0 spiro atoms. The molecule has 1 aromatic carbocycles. The van der Waals surface area contributed by atoms with Crippen molar-refractivity contribution in [1.29, 1.82) is 0 Å². The van der Waals surface area contributed by atoms with Crippen LogP contribution >= 0.6 is 15.9 Å². The summed E-state index contributed by atoms with van der Waals surface area (Å²) in [7, 11) is 0. The number of carbonyl (C=O) groups is 2. The molecule has 5 nitrogen and oxygen atoms in total. The minimum Gasteiger partial charge on any atom is -0.275 e. The van der Waals surface area contributed by atoms with E-state index in [1.807, 2.05) is 24.3 Å². The number of benzene rings is 1. The van der Waals surface area contributed by atoms with Crippen LogP contribution in [0.25, 0.3) is 0 Å². The molecular weight excluding hydrogens is 274 g/mol. The van der Waals surface area contributed by atoms with Gasteiger partial charge in [0.1, 0.15) is 6.54 Å². The molecule has 3 amide bonds. The fourth-order valence-corrected chi connectivity index (χ4v) is 1.66. The Morgan fingerprint density at radius 3 is 2.88 bits per heavy atom. The fourth-order valence-electron chi connectivity index (χ4n) is 1.25. The van der Waals surface area contributed by atoms with E-state index < -0.39 is 6.03 Å². The third kappa shape index (κ3) is 2.46. The first-order chi connectivity index (χ1) is 7.65. The van der Waals surface area contributed by atoms with Crippen molar-refractivity contribution in [2.45, 2.75) is 0 Å². The topological polar surface area (TPSA) is 61.8 Å². The monoisotopic (exact) mass is 281 g/mol. The Kier molecular flexibility index (Phi) is 3.00. The van der Waals surface area contributed by atoms with Gasteiger partial charge in [0.15, 0.2) is 0 Å².